The monoisotopic (exact) mass is 238 g/mol. The molecule has 0 atom stereocenters. The van der Waals surface area contributed by atoms with Crippen molar-refractivity contribution in [3.05, 3.63) is 28.9 Å². The van der Waals surface area contributed by atoms with Crippen molar-refractivity contribution in [2.45, 2.75) is 17.0 Å². The zero-order valence-corrected chi connectivity index (χ0v) is 9.81. The number of pyridine rings is 1. The normalized spacial score (nSPS) is 10.5. The van der Waals surface area contributed by atoms with Crippen LogP contribution in [0.2, 0.25) is 0 Å². The largest absolute Gasteiger partial charge is 0.384 e. The molecule has 0 bridgehead atoms. The number of aromatic nitrogens is 3. The highest BCUT2D eigenvalue weighted by atomic mass is 32.2. The first-order valence-corrected chi connectivity index (χ1v) is 6.17. The van der Waals surface area contributed by atoms with E-state index in [1.54, 1.807) is 35.4 Å². The summed E-state index contributed by atoms with van der Waals surface area (Å²) in [6.07, 6.45) is 1.79. The fraction of sp³-hybridized carbons (Fsp3) is 0.222. The SMILES string of the molecule is Cc1nnc(SCc2ccc(N)nc2)s1. The first-order chi connectivity index (χ1) is 7.24. The topological polar surface area (TPSA) is 64.7 Å². The smallest absolute Gasteiger partial charge is 0.174 e. The Hall–Kier alpha value is -1.14. The summed E-state index contributed by atoms with van der Waals surface area (Å²) in [7, 11) is 0. The summed E-state index contributed by atoms with van der Waals surface area (Å²) in [4.78, 5) is 4.03. The molecule has 0 saturated carbocycles. The number of nitrogens with zero attached hydrogens (tertiary/aromatic N) is 3. The standard InChI is InChI=1S/C9H10N4S2/c1-6-12-13-9(15-6)14-5-7-2-3-8(10)11-4-7/h2-4H,5H2,1H3,(H2,10,11). The van der Waals surface area contributed by atoms with Gasteiger partial charge < -0.3 is 5.73 Å². The van der Waals surface area contributed by atoms with Crippen LogP contribution in [0.1, 0.15) is 10.6 Å². The van der Waals surface area contributed by atoms with Crippen molar-refractivity contribution in [3.63, 3.8) is 0 Å². The van der Waals surface area contributed by atoms with Crippen LogP contribution in [0.3, 0.4) is 0 Å². The quantitative estimate of drug-likeness (QED) is 0.830. The van der Waals surface area contributed by atoms with Crippen LogP contribution in [0.25, 0.3) is 0 Å². The molecule has 2 heterocycles. The van der Waals surface area contributed by atoms with Crippen molar-refractivity contribution in [2.75, 3.05) is 5.73 Å². The third kappa shape index (κ3) is 2.90. The van der Waals surface area contributed by atoms with Crippen molar-refractivity contribution >= 4 is 28.9 Å². The second-order valence-corrected chi connectivity index (χ2v) is 5.37. The van der Waals surface area contributed by atoms with E-state index in [1.165, 1.54) is 0 Å². The third-order valence-corrected chi connectivity index (χ3v) is 3.76. The zero-order chi connectivity index (χ0) is 10.7. The summed E-state index contributed by atoms with van der Waals surface area (Å²) < 4.78 is 0.990. The molecular formula is C9H10N4S2. The number of aryl methyl sites for hydroxylation is 1. The van der Waals surface area contributed by atoms with Crippen LogP contribution in [0, 0.1) is 6.92 Å². The lowest BCUT2D eigenvalue weighted by Crippen LogP contribution is -1.90. The van der Waals surface area contributed by atoms with Crippen LogP contribution < -0.4 is 5.73 Å². The van der Waals surface area contributed by atoms with Crippen LogP contribution >= 0.6 is 23.1 Å². The number of thioether (sulfide) groups is 1. The maximum absolute atomic E-state index is 5.50. The van der Waals surface area contributed by atoms with E-state index in [9.17, 15) is 0 Å². The Balaban J connectivity index is 1.96. The first-order valence-electron chi connectivity index (χ1n) is 4.37. The predicted molar refractivity (Wildman–Crippen MR) is 62.9 cm³/mol. The molecule has 15 heavy (non-hydrogen) atoms. The van der Waals surface area contributed by atoms with E-state index in [-0.39, 0.29) is 0 Å². The maximum atomic E-state index is 5.50. The summed E-state index contributed by atoms with van der Waals surface area (Å²) in [6.45, 7) is 1.95. The molecule has 2 aromatic rings. The van der Waals surface area contributed by atoms with E-state index in [1.807, 2.05) is 13.0 Å². The van der Waals surface area contributed by atoms with Gasteiger partial charge in [0.05, 0.1) is 0 Å². The van der Waals surface area contributed by atoms with E-state index in [2.05, 4.69) is 15.2 Å². The van der Waals surface area contributed by atoms with E-state index < -0.39 is 0 Å². The van der Waals surface area contributed by atoms with Gasteiger partial charge in [-0.2, -0.15) is 0 Å². The van der Waals surface area contributed by atoms with Gasteiger partial charge in [0.15, 0.2) is 4.34 Å². The predicted octanol–water partition coefficient (Wildman–Crippen LogP) is 2.12. The van der Waals surface area contributed by atoms with E-state index in [0.29, 0.717) is 5.82 Å². The van der Waals surface area contributed by atoms with E-state index in [4.69, 9.17) is 5.73 Å². The Kier molecular flexibility index (Phi) is 3.17. The van der Waals surface area contributed by atoms with Crippen molar-refractivity contribution in [1.82, 2.24) is 15.2 Å². The molecule has 0 unspecified atom stereocenters. The Morgan fingerprint density at radius 3 is 2.87 bits per heavy atom. The molecule has 2 N–H and O–H groups in total. The molecule has 0 radical (unpaired) electrons. The molecule has 0 aromatic carbocycles. The van der Waals surface area contributed by atoms with Gasteiger partial charge in [-0.1, -0.05) is 29.2 Å². The minimum atomic E-state index is 0.551. The number of rotatable bonds is 3. The number of nitrogen functional groups attached to an aromatic ring is 1. The molecule has 2 rings (SSSR count). The first kappa shape index (κ1) is 10.4. The molecule has 6 heteroatoms. The van der Waals surface area contributed by atoms with E-state index in [0.717, 1.165) is 20.7 Å². The number of anilines is 1. The second kappa shape index (κ2) is 4.59. The van der Waals surface area contributed by atoms with Gasteiger partial charge in [0.2, 0.25) is 0 Å². The summed E-state index contributed by atoms with van der Waals surface area (Å²) in [5.41, 5.74) is 6.64. The Morgan fingerprint density at radius 1 is 1.40 bits per heavy atom. The van der Waals surface area contributed by atoms with Crippen LogP contribution in [-0.4, -0.2) is 15.2 Å². The van der Waals surface area contributed by atoms with Crippen LogP contribution in [-0.2, 0) is 5.75 Å². The highest BCUT2D eigenvalue weighted by Gasteiger charge is 2.01. The van der Waals surface area contributed by atoms with Crippen molar-refractivity contribution in [1.29, 1.82) is 0 Å². The average molecular weight is 238 g/mol. The van der Waals surface area contributed by atoms with Gasteiger partial charge in [-0.25, -0.2) is 4.98 Å². The lowest BCUT2D eigenvalue weighted by atomic mass is 10.3. The Morgan fingerprint density at radius 2 is 2.27 bits per heavy atom. The minimum absolute atomic E-state index is 0.551. The molecule has 0 aliphatic heterocycles. The highest BCUT2D eigenvalue weighted by Crippen LogP contribution is 2.25. The zero-order valence-electron chi connectivity index (χ0n) is 8.17. The van der Waals surface area contributed by atoms with Gasteiger partial charge in [-0.05, 0) is 18.6 Å². The minimum Gasteiger partial charge on any atom is -0.384 e. The average Bonchev–Trinajstić information content (AvgIpc) is 2.64. The van der Waals surface area contributed by atoms with Crippen LogP contribution in [0.15, 0.2) is 22.7 Å². The molecule has 78 valence electrons. The van der Waals surface area contributed by atoms with Crippen molar-refractivity contribution in [2.24, 2.45) is 0 Å². The van der Waals surface area contributed by atoms with E-state index >= 15 is 0 Å². The molecule has 0 spiro atoms. The molecule has 0 aliphatic carbocycles. The molecule has 2 aromatic heterocycles. The number of hydrogen-bond donors (Lipinski definition) is 1. The summed E-state index contributed by atoms with van der Waals surface area (Å²) in [6, 6.07) is 3.78. The molecule has 0 saturated heterocycles. The van der Waals surface area contributed by atoms with Gasteiger partial charge in [0.25, 0.3) is 0 Å². The van der Waals surface area contributed by atoms with Gasteiger partial charge in [-0.15, -0.1) is 10.2 Å². The Labute approximate surface area is 95.9 Å². The van der Waals surface area contributed by atoms with Crippen molar-refractivity contribution in [3.8, 4) is 0 Å². The number of hydrogen-bond acceptors (Lipinski definition) is 6. The molecule has 0 aliphatic rings. The fourth-order valence-electron chi connectivity index (χ4n) is 1.00. The Bertz CT molecular complexity index is 438. The second-order valence-electron chi connectivity index (χ2n) is 2.97. The van der Waals surface area contributed by atoms with Crippen LogP contribution in [0.4, 0.5) is 5.82 Å². The highest BCUT2D eigenvalue weighted by molar-refractivity contribution is 8.00. The van der Waals surface area contributed by atoms with Gasteiger partial charge in [0, 0.05) is 11.9 Å². The maximum Gasteiger partial charge on any atom is 0.174 e. The summed E-state index contributed by atoms with van der Waals surface area (Å²) in [5.74, 6) is 1.40. The summed E-state index contributed by atoms with van der Waals surface area (Å²) in [5, 5.41) is 8.98. The van der Waals surface area contributed by atoms with Gasteiger partial charge in [0.1, 0.15) is 10.8 Å². The van der Waals surface area contributed by atoms with Gasteiger partial charge >= 0.3 is 0 Å². The molecule has 0 fully saturated rings. The van der Waals surface area contributed by atoms with Crippen LogP contribution in [0.5, 0.6) is 0 Å². The van der Waals surface area contributed by atoms with Gasteiger partial charge in [-0.3, -0.25) is 0 Å². The van der Waals surface area contributed by atoms with Crippen molar-refractivity contribution < 1.29 is 0 Å². The molecule has 4 nitrogen and oxygen atoms in total. The molecular weight excluding hydrogens is 228 g/mol. The lowest BCUT2D eigenvalue weighted by molar-refractivity contribution is 0.983. The summed E-state index contributed by atoms with van der Waals surface area (Å²) >= 11 is 3.27. The fourth-order valence-corrected chi connectivity index (χ4v) is 2.75. The number of nitrogens with two attached hydrogens (primary N) is 1. The lowest BCUT2D eigenvalue weighted by Gasteiger charge is -1.98. The third-order valence-electron chi connectivity index (χ3n) is 1.72. The molecule has 0 amide bonds.